The van der Waals surface area contributed by atoms with Crippen molar-refractivity contribution in [3.63, 3.8) is 0 Å². The molecule has 2 bridgehead atoms. The van der Waals surface area contributed by atoms with Crippen molar-refractivity contribution < 1.29 is 57.5 Å². The number of Topliss-reactive ketones (excluding diaryl/α,β-unsaturated/α-hetero) is 1. The number of oxime groups is 1. The lowest BCUT2D eigenvalue weighted by atomic mass is 9.73. The molecular formula is C42H62FN5O11. The number of carbonyl (C=O) groups is 3. The van der Waals surface area contributed by atoms with Crippen molar-refractivity contribution in [1.82, 2.24) is 9.88 Å². The van der Waals surface area contributed by atoms with E-state index in [1.165, 1.54) is 20.8 Å². The van der Waals surface area contributed by atoms with Gasteiger partial charge in [0.25, 0.3) is 5.67 Å². The number of aliphatic hydroxyl groups excluding tert-OH is 1. The van der Waals surface area contributed by atoms with E-state index < -0.39 is 89.0 Å². The van der Waals surface area contributed by atoms with E-state index >= 15 is 4.39 Å². The summed E-state index contributed by atoms with van der Waals surface area (Å²) in [6, 6.07) is 4.63. The molecule has 4 N–H and O–H groups in total. The van der Waals surface area contributed by atoms with Gasteiger partial charge in [-0.3, -0.25) is 9.59 Å². The van der Waals surface area contributed by atoms with Crippen LogP contribution >= 0.6 is 0 Å². The van der Waals surface area contributed by atoms with E-state index in [-0.39, 0.29) is 44.5 Å². The molecule has 59 heavy (non-hydrogen) atoms. The summed E-state index contributed by atoms with van der Waals surface area (Å²) in [5.41, 5.74) is -0.173. The van der Waals surface area contributed by atoms with Crippen LogP contribution in [0.25, 0.3) is 0 Å². The number of aliphatic imine (C=N–C) groups is 1. The molecule has 0 aromatic carbocycles. The number of anilines is 1. The Morgan fingerprint density at radius 1 is 1.14 bits per heavy atom. The number of carbonyl (C=O) groups excluding carboxylic acids is 3. The number of rotatable bonds is 6. The highest BCUT2D eigenvalue weighted by Crippen LogP contribution is 2.41. The number of cyclic esters (lactones) is 1. The van der Waals surface area contributed by atoms with Gasteiger partial charge >= 0.3 is 5.97 Å². The summed E-state index contributed by atoms with van der Waals surface area (Å²) < 4.78 is 48.5. The summed E-state index contributed by atoms with van der Waals surface area (Å²) in [5, 5.41) is 28.2. The minimum atomic E-state index is -3.22. The number of nitrogen functional groups attached to an aromatic ring is 1. The average molecular weight is 832 g/mol. The molecular weight excluding hydrogens is 769 g/mol. The van der Waals surface area contributed by atoms with Crippen LogP contribution in [0.1, 0.15) is 87.3 Å². The molecule has 328 valence electrons. The van der Waals surface area contributed by atoms with Crippen LogP contribution in [-0.4, -0.2) is 143 Å². The molecule has 13 atom stereocenters. The minimum absolute atomic E-state index is 0.00640. The number of esters is 1. The van der Waals surface area contributed by atoms with Crippen LogP contribution in [0.4, 0.5) is 10.2 Å². The number of likely N-dealkylation sites (N-methyl/N-ethyl adjacent to an activating group) is 1. The van der Waals surface area contributed by atoms with E-state index in [9.17, 15) is 24.6 Å². The van der Waals surface area contributed by atoms with Gasteiger partial charge in [0.05, 0.1) is 37.1 Å². The van der Waals surface area contributed by atoms with Gasteiger partial charge in [-0.2, -0.15) is 0 Å². The molecule has 0 radical (unpaired) electrons. The number of aromatic nitrogens is 1. The van der Waals surface area contributed by atoms with E-state index in [0.29, 0.717) is 23.6 Å². The number of fused-ring (bicyclic) bond motifs is 5. The molecule has 1 amide bonds. The molecule has 3 aliphatic rings. The summed E-state index contributed by atoms with van der Waals surface area (Å²) in [4.78, 5) is 57.0. The number of amides is 1. The lowest BCUT2D eigenvalue weighted by Gasteiger charge is -2.47. The fraction of sp³-hybridized carbons (Fsp3) is 0.714. The van der Waals surface area contributed by atoms with Gasteiger partial charge in [0.15, 0.2) is 18.7 Å². The number of hydrogen-bond acceptors (Lipinski definition) is 15. The monoisotopic (exact) mass is 831 g/mol. The van der Waals surface area contributed by atoms with Crippen molar-refractivity contribution in [2.75, 3.05) is 39.6 Å². The van der Waals surface area contributed by atoms with Crippen LogP contribution in [0.2, 0.25) is 0 Å². The molecule has 1 aromatic rings. The van der Waals surface area contributed by atoms with Crippen LogP contribution < -0.4 is 5.73 Å². The minimum Gasteiger partial charge on any atom is -0.457 e. The van der Waals surface area contributed by atoms with Crippen LogP contribution in [0.5, 0.6) is 0 Å². The van der Waals surface area contributed by atoms with Gasteiger partial charge in [0, 0.05) is 30.5 Å². The van der Waals surface area contributed by atoms with Crippen LogP contribution in [0.3, 0.4) is 0 Å². The molecule has 3 fully saturated rings. The second-order valence-corrected chi connectivity index (χ2v) is 16.8. The number of ketones is 1. The number of halogens is 1. The molecule has 4 heterocycles. The normalized spacial score (nSPS) is 39.0. The van der Waals surface area contributed by atoms with Crippen LogP contribution in [0, 0.1) is 29.6 Å². The smallest absolute Gasteiger partial charge is 0.351 e. The Morgan fingerprint density at radius 3 is 2.46 bits per heavy atom. The number of hydrogen-bond donors (Lipinski definition) is 3. The van der Waals surface area contributed by atoms with Crippen molar-refractivity contribution in [2.45, 2.75) is 141 Å². The highest BCUT2D eigenvalue weighted by atomic mass is 19.1. The van der Waals surface area contributed by atoms with E-state index in [1.54, 1.807) is 45.9 Å². The standard InChI is InChI=1S/C42H62FN5O11/c1-12-31-42(9,53)37-25(4)33(45-27(6)49)23(2)20-40(7,55-22-29(21-54-37)47-56-18-14-16-28-15-13-17-32(44)46-28)36(26(5)35(51)41(8,43)39(52)58-31)59-38-34(50)30(48(10)11)19-24(3)57-38/h13,15,17,23-26,30-31,34,36-38,50,53H,12,18-22H2,1-11H3,(H2,44,46)/b45-33?,47-29+/t23-,24-,25+,26+,30+,31-,34-,36-,37+,38+,40-,41+,42-/m1/s1. The van der Waals surface area contributed by atoms with Gasteiger partial charge in [-0.15, -0.1) is 0 Å². The van der Waals surface area contributed by atoms with E-state index in [4.69, 9.17) is 34.3 Å². The van der Waals surface area contributed by atoms with Gasteiger partial charge in [-0.1, -0.05) is 44.8 Å². The number of nitrogens with two attached hydrogens (primary N) is 1. The third kappa shape index (κ3) is 11.3. The first-order valence-corrected chi connectivity index (χ1v) is 20.1. The van der Waals surface area contributed by atoms with Gasteiger partial charge in [-0.05, 0) is 85.0 Å². The van der Waals surface area contributed by atoms with Crippen molar-refractivity contribution in [1.29, 1.82) is 0 Å². The Hall–Kier alpha value is -3.89. The zero-order chi connectivity index (χ0) is 44.0. The first-order valence-electron chi connectivity index (χ1n) is 20.1. The Balaban J connectivity index is 1.94. The predicted molar refractivity (Wildman–Crippen MR) is 216 cm³/mol. The maximum Gasteiger partial charge on any atom is 0.351 e. The summed E-state index contributed by atoms with van der Waals surface area (Å²) in [6.07, 6.45) is -6.54. The number of pyridine rings is 1. The fourth-order valence-electron chi connectivity index (χ4n) is 8.41. The molecule has 0 aliphatic carbocycles. The number of ether oxygens (including phenoxy) is 5. The number of nitrogens with zero attached hydrogens (tertiary/aromatic N) is 4. The molecule has 0 spiro atoms. The molecule has 0 unspecified atom stereocenters. The highest BCUT2D eigenvalue weighted by Gasteiger charge is 2.56. The maximum absolute atomic E-state index is 16.8. The summed E-state index contributed by atoms with van der Waals surface area (Å²) >= 11 is 0. The van der Waals surface area contributed by atoms with E-state index in [1.807, 2.05) is 25.9 Å². The fourth-order valence-corrected chi connectivity index (χ4v) is 8.41. The van der Waals surface area contributed by atoms with Crippen molar-refractivity contribution in [2.24, 2.45) is 27.9 Å². The molecule has 16 nitrogen and oxygen atoms in total. The van der Waals surface area contributed by atoms with Crippen molar-refractivity contribution in [3.8, 4) is 11.8 Å². The van der Waals surface area contributed by atoms with E-state index in [2.05, 4.69) is 27.0 Å². The first kappa shape index (κ1) is 47.8. The average Bonchev–Trinajstić information content (AvgIpc) is 3.17. The maximum atomic E-state index is 16.8. The van der Waals surface area contributed by atoms with Gasteiger partial charge in [0.2, 0.25) is 5.91 Å². The molecule has 3 aliphatic heterocycles. The SMILES string of the molecule is CC[C@H]1OC(=O)[C@@](C)(F)C(=O)[C@H](C)[C@@H](O[C@@H]2O[C@H](C)C[C@H](N(C)C)[C@H]2O)[C@@]2(C)C[C@@H](C)C(=NC(C)=O)[C@H](C)[C@H](OC/C(=N\OCC#Cc3cccc(N)n3)CO2)[C@]1(C)O. The lowest BCUT2D eigenvalue weighted by Crippen LogP contribution is -2.61. The van der Waals surface area contributed by atoms with Crippen molar-refractivity contribution in [3.05, 3.63) is 23.9 Å². The van der Waals surface area contributed by atoms with Gasteiger partial charge in [-0.25, -0.2) is 19.2 Å². The third-order valence-corrected chi connectivity index (χ3v) is 11.5. The second kappa shape index (κ2) is 19.7. The largest absolute Gasteiger partial charge is 0.457 e. The Bertz CT molecular complexity index is 1790. The predicted octanol–water partition coefficient (Wildman–Crippen LogP) is 3.04. The van der Waals surface area contributed by atoms with E-state index in [0.717, 1.165) is 6.92 Å². The van der Waals surface area contributed by atoms with Crippen LogP contribution in [0.15, 0.2) is 28.3 Å². The summed E-state index contributed by atoms with van der Waals surface area (Å²) in [5.74, 6) is -0.165. The zero-order valence-corrected chi connectivity index (χ0v) is 36.1. The molecule has 1 aromatic heterocycles. The second-order valence-electron chi connectivity index (χ2n) is 16.8. The summed E-state index contributed by atoms with van der Waals surface area (Å²) in [7, 11) is 3.62. The van der Waals surface area contributed by atoms with Gasteiger partial charge in [0.1, 0.15) is 35.0 Å². The highest BCUT2D eigenvalue weighted by molar-refractivity contribution is 6.08. The quantitative estimate of drug-likeness (QED) is 0.124. The number of alkyl halides is 1. The zero-order valence-electron chi connectivity index (χ0n) is 36.1. The van der Waals surface area contributed by atoms with Crippen LogP contribution in [-0.2, 0) is 42.9 Å². The molecule has 0 saturated carbocycles. The third-order valence-electron chi connectivity index (χ3n) is 11.5. The topological polar surface area (TPSA) is 214 Å². The Labute approximate surface area is 346 Å². The summed E-state index contributed by atoms with van der Waals surface area (Å²) in [6.45, 7) is 12.7. The molecule has 17 heteroatoms. The molecule has 4 rings (SSSR count). The molecule has 3 saturated heterocycles. The number of aliphatic hydroxyl groups is 2. The lowest BCUT2D eigenvalue weighted by molar-refractivity contribution is -0.296. The first-order chi connectivity index (χ1) is 27.5. The Morgan fingerprint density at radius 2 is 1.83 bits per heavy atom. The van der Waals surface area contributed by atoms with Gasteiger partial charge < -0.3 is 49.4 Å². The van der Waals surface area contributed by atoms with Crippen molar-refractivity contribution >= 4 is 34.9 Å². The Kier molecular flexibility index (Phi) is 15.9.